The monoisotopic (exact) mass is 354 g/mol. The van der Waals surface area contributed by atoms with E-state index in [4.69, 9.17) is 4.42 Å². The van der Waals surface area contributed by atoms with Gasteiger partial charge in [0.1, 0.15) is 6.04 Å². The Morgan fingerprint density at radius 1 is 1.19 bits per heavy atom. The number of hydrogen-bond acceptors (Lipinski definition) is 5. The summed E-state index contributed by atoms with van der Waals surface area (Å²) in [6.07, 6.45) is 0. The van der Waals surface area contributed by atoms with Crippen molar-refractivity contribution in [2.45, 2.75) is 19.9 Å². The van der Waals surface area contributed by atoms with Crippen LogP contribution in [-0.4, -0.2) is 23.6 Å². The van der Waals surface area contributed by atoms with E-state index in [9.17, 15) is 14.4 Å². The van der Waals surface area contributed by atoms with Crippen LogP contribution in [-0.2, 0) is 9.53 Å². The lowest BCUT2D eigenvalue weighted by atomic mass is 10.2. The van der Waals surface area contributed by atoms with Crippen LogP contribution in [0.5, 0.6) is 0 Å². The van der Waals surface area contributed by atoms with Gasteiger partial charge in [-0.2, -0.15) is 0 Å². The Labute approximate surface area is 149 Å². The van der Waals surface area contributed by atoms with Gasteiger partial charge in [-0.1, -0.05) is 18.2 Å². The Bertz CT molecular complexity index is 1050. The van der Waals surface area contributed by atoms with Gasteiger partial charge >= 0.3 is 11.7 Å². The molecule has 0 fully saturated rings. The highest BCUT2D eigenvalue weighted by Crippen LogP contribution is 2.21. The molecule has 1 amide bonds. The molecule has 3 rings (SSSR count). The highest BCUT2D eigenvalue weighted by molar-refractivity contribution is 5.96. The first-order valence-corrected chi connectivity index (χ1v) is 8.02. The van der Waals surface area contributed by atoms with E-state index in [-0.39, 0.29) is 17.1 Å². The average molecular weight is 354 g/mol. The van der Waals surface area contributed by atoms with Crippen molar-refractivity contribution >= 4 is 28.7 Å². The van der Waals surface area contributed by atoms with Crippen molar-refractivity contribution in [2.24, 2.45) is 0 Å². The molecule has 2 aromatic carbocycles. The maximum atomic E-state index is 12.6. The summed E-state index contributed by atoms with van der Waals surface area (Å²) in [6, 6.07) is 11.1. The second-order valence-electron chi connectivity index (χ2n) is 5.89. The molecular weight excluding hydrogens is 336 g/mol. The maximum Gasteiger partial charge on any atom is 0.420 e. The van der Waals surface area contributed by atoms with Gasteiger partial charge in [0.25, 0.3) is 0 Å². The van der Waals surface area contributed by atoms with Gasteiger partial charge in [-0.25, -0.2) is 9.59 Å². The highest BCUT2D eigenvalue weighted by atomic mass is 16.5. The summed E-state index contributed by atoms with van der Waals surface area (Å²) in [5.41, 5.74) is 2.50. The van der Waals surface area contributed by atoms with Gasteiger partial charge < -0.3 is 14.5 Å². The molecule has 1 aromatic heterocycles. The molecule has 0 bridgehead atoms. The number of benzene rings is 2. The Morgan fingerprint density at radius 2 is 1.92 bits per heavy atom. The number of carbonyl (C=O) groups is 2. The zero-order valence-corrected chi connectivity index (χ0v) is 14.6. The predicted molar refractivity (Wildman–Crippen MR) is 96.3 cm³/mol. The SMILES string of the molecule is COC(=O)c1ccc2c(c1)oc(=O)n2C(C)C(=O)Nc1ccccc1C. The van der Waals surface area contributed by atoms with Crippen LogP contribution in [0.3, 0.4) is 0 Å². The molecule has 0 aliphatic heterocycles. The first-order valence-electron chi connectivity index (χ1n) is 8.02. The summed E-state index contributed by atoms with van der Waals surface area (Å²) in [4.78, 5) is 36.5. The van der Waals surface area contributed by atoms with Crippen LogP contribution >= 0.6 is 0 Å². The molecular formula is C19H18N2O5. The van der Waals surface area contributed by atoms with E-state index in [0.717, 1.165) is 5.56 Å². The van der Waals surface area contributed by atoms with Gasteiger partial charge in [-0.3, -0.25) is 9.36 Å². The van der Waals surface area contributed by atoms with Crippen LogP contribution in [0.4, 0.5) is 5.69 Å². The standard InChI is InChI=1S/C19H18N2O5/c1-11-6-4-5-7-14(11)20-17(22)12(2)21-15-9-8-13(18(23)25-3)10-16(15)26-19(21)24/h4-10,12H,1-3H3,(H,20,22). The first-order chi connectivity index (χ1) is 12.4. The van der Waals surface area contributed by atoms with Crippen molar-refractivity contribution in [3.05, 3.63) is 64.1 Å². The first kappa shape index (κ1) is 17.5. The van der Waals surface area contributed by atoms with E-state index in [0.29, 0.717) is 11.2 Å². The minimum absolute atomic E-state index is 0.216. The van der Waals surface area contributed by atoms with Crippen molar-refractivity contribution < 1.29 is 18.7 Å². The van der Waals surface area contributed by atoms with E-state index in [1.165, 1.54) is 23.8 Å². The fourth-order valence-corrected chi connectivity index (χ4v) is 2.72. The van der Waals surface area contributed by atoms with Gasteiger partial charge in [-0.15, -0.1) is 0 Å². The fraction of sp³-hybridized carbons (Fsp3) is 0.211. The third kappa shape index (κ3) is 3.11. The summed E-state index contributed by atoms with van der Waals surface area (Å²) in [5.74, 6) is -1.55. The molecule has 0 radical (unpaired) electrons. The smallest absolute Gasteiger partial charge is 0.420 e. The van der Waals surface area contributed by atoms with Crippen LogP contribution in [0.1, 0.15) is 28.9 Å². The molecule has 3 aromatic rings. The number of ether oxygens (including phenoxy) is 1. The number of aromatic nitrogens is 1. The minimum atomic E-state index is -0.799. The number of amides is 1. The highest BCUT2D eigenvalue weighted by Gasteiger charge is 2.22. The third-order valence-electron chi connectivity index (χ3n) is 4.20. The van der Waals surface area contributed by atoms with Crippen LogP contribution in [0.15, 0.2) is 51.7 Å². The van der Waals surface area contributed by atoms with Gasteiger partial charge in [0, 0.05) is 5.69 Å². The number of nitrogens with one attached hydrogen (secondary N) is 1. The van der Waals surface area contributed by atoms with Crippen molar-refractivity contribution in [3.8, 4) is 0 Å². The summed E-state index contributed by atoms with van der Waals surface area (Å²) < 4.78 is 11.1. The number of methoxy groups -OCH3 is 1. The number of rotatable bonds is 4. The number of carbonyl (C=O) groups excluding carboxylic acids is 2. The number of aryl methyl sites for hydroxylation is 1. The molecule has 7 nitrogen and oxygen atoms in total. The number of oxazole rings is 1. The molecule has 26 heavy (non-hydrogen) atoms. The number of esters is 1. The summed E-state index contributed by atoms with van der Waals surface area (Å²) in [7, 11) is 1.27. The number of nitrogens with zero attached hydrogens (tertiary/aromatic N) is 1. The lowest BCUT2D eigenvalue weighted by Gasteiger charge is -2.14. The molecule has 0 saturated heterocycles. The van der Waals surface area contributed by atoms with Gasteiger partial charge in [0.05, 0.1) is 18.2 Å². The second kappa shape index (κ2) is 6.87. The van der Waals surface area contributed by atoms with Crippen LogP contribution in [0, 0.1) is 6.92 Å². The third-order valence-corrected chi connectivity index (χ3v) is 4.20. The zero-order chi connectivity index (χ0) is 18.8. The fourth-order valence-electron chi connectivity index (χ4n) is 2.72. The Morgan fingerprint density at radius 3 is 2.62 bits per heavy atom. The Hall–Kier alpha value is -3.35. The maximum absolute atomic E-state index is 12.6. The van der Waals surface area contributed by atoms with E-state index in [1.54, 1.807) is 19.1 Å². The van der Waals surface area contributed by atoms with Gasteiger partial charge in [0.15, 0.2) is 5.58 Å². The van der Waals surface area contributed by atoms with Gasteiger partial charge in [0.2, 0.25) is 5.91 Å². The second-order valence-corrected chi connectivity index (χ2v) is 5.89. The van der Waals surface area contributed by atoms with Crippen LogP contribution in [0.25, 0.3) is 11.1 Å². The van der Waals surface area contributed by atoms with Gasteiger partial charge in [-0.05, 0) is 43.7 Å². The molecule has 1 N–H and O–H groups in total. The zero-order valence-electron chi connectivity index (χ0n) is 14.6. The van der Waals surface area contributed by atoms with Crippen molar-refractivity contribution in [1.29, 1.82) is 0 Å². The van der Waals surface area contributed by atoms with E-state index >= 15 is 0 Å². The minimum Gasteiger partial charge on any atom is -0.465 e. The van der Waals surface area contributed by atoms with Crippen molar-refractivity contribution in [3.63, 3.8) is 0 Å². The molecule has 1 unspecified atom stereocenters. The number of hydrogen-bond donors (Lipinski definition) is 1. The Balaban J connectivity index is 1.95. The van der Waals surface area contributed by atoms with Crippen molar-refractivity contribution in [2.75, 3.05) is 12.4 Å². The summed E-state index contributed by atoms with van der Waals surface area (Å²) in [6.45, 7) is 3.49. The molecule has 1 heterocycles. The largest absolute Gasteiger partial charge is 0.465 e. The topological polar surface area (TPSA) is 90.5 Å². The lowest BCUT2D eigenvalue weighted by molar-refractivity contribution is -0.118. The van der Waals surface area contributed by atoms with E-state index in [2.05, 4.69) is 10.1 Å². The number of anilines is 1. The normalized spacial score (nSPS) is 12.0. The molecule has 0 aliphatic rings. The van der Waals surface area contributed by atoms with Crippen LogP contribution in [0.2, 0.25) is 0 Å². The molecule has 0 spiro atoms. The lowest BCUT2D eigenvalue weighted by Crippen LogP contribution is -2.29. The Kier molecular flexibility index (Phi) is 4.62. The molecule has 1 atom stereocenters. The number of para-hydroxylation sites is 1. The predicted octanol–water partition coefficient (Wildman–Crippen LogP) is 2.89. The van der Waals surface area contributed by atoms with E-state index in [1.807, 2.05) is 25.1 Å². The number of fused-ring (bicyclic) bond motifs is 1. The average Bonchev–Trinajstić information content (AvgIpc) is 2.97. The quantitative estimate of drug-likeness (QED) is 0.728. The molecule has 0 aliphatic carbocycles. The molecule has 0 saturated carbocycles. The van der Waals surface area contributed by atoms with E-state index < -0.39 is 17.8 Å². The molecule has 134 valence electrons. The molecule has 7 heteroatoms. The van der Waals surface area contributed by atoms with Crippen molar-refractivity contribution in [1.82, 2.24) is 4.57 Å². The summed E-state index contributed by atoms with van der Waals surface area (Å²) >= 11 is 0. The summed E-state index contributed by atoms with van der Waals surface area (Å²) in [5, 5.41) is 2.81. The van der Waals surface area contributed by atoms with Crippen LogP contribution < -0.4 is 11.1 Å².